The zero-order valence-electron chi connectivity index (χ0n) is 16.2. The molecule has 0 spiro atoms. The van der Waals surface area contributed by atoms with Crippen molar-refractivity contribution in [3.8, 4) is 0 Å². The van der Waals surface area contributed by atoms with Crippen LogP contribution in [0, 0.1) is 13.8 Å². The van der Waals surface area contributed by atoms with Crippen molar-refractivity contribution in [1.82, 2.24) is 9.62 Å². The lowest BCUT2D eigenvalue weighted by Gasteiger charge is -2.20. The van der Waals surface area contributed by atoms with Gasteiger partial charge in [-0.3, -0.25) is 4.79 Å². The summed E-state index contributed by atoms with van der Waals surface area (Å²) in [6, 6.07) is 10.3. The van der Waals surface area contributed by atoms with Gasteiger partial charge in [0, 0.05) is 24.7 Å². The molecule has 2 aromatic carbocycles. The topological polar surface area (TPSA) is 66.5 Å². The predicted octanol–water partition coefficient (Wildman–Crippen LogP) is 4.09. The minimum atomic E-state index is -3.64. The maximum Gasteiger partial charge on any atom is 0.251 e. The third-order valence-electron chi connectivity index (χ3n) is 4.63. The molecule has 2 rings (SSSR count). The van der Waals surface area contributed by atoms with E-state index in [1.54, 1.807) is 32.0 Å². The van der Waals surface area contributed by atoms with E-state index in [0.717, 1.165) is 15.4 Å². The van der Waals surface area contributed by atoms with Crippen LogP contribution in [0.4, 0.5) is 0 Å². The van der Waals surface area contributed by atoms with E-state index >= 15 is 0 Å². The molecule has 0 bridgehead atoms. The number of aryl methyl sites for hydroxylation is 1. The van der Waals surface area contributed by atoms with Gasteiger partial charge in [-0.1, -0.05) is 30.7 Å². The summed E-state index contributed by atoms with van der Waals surface area (Å²) >= 11 is 5.93. The summed E-state index contributed by atoms with van der Waals surface area (Å²) in [7, 11) is -0.685. The molecule has 1 atom stereocenters. The Hall–Kier alpha value is -1.89. The first kappa shape index (κ1) is 21.4. The second kappa shape index (κ2) is 8.42. The molecule has 0 aromatic heterocycles. The molecule has 0 radical (unpaired) electrons. The normalized spacial score (nSPS) is 12.9. The molecule has 2 aromatic rings. The van der Waals surface area contributed by atoms with Gasteiger partial charge < -0.3 is 5.32 Å². The SMILES string of the molecule is CCC(NC(=O)c1cc(C)c(C)c(S(=O)(=O)N(C)C)c1)c1ccc(Cl)cc1. The van der Waals surface area contributed by atoms with E-state index in [0.29, 0.717) is 22.6 Å². The van der Waals surface area contributed by atoms with Crippen LogP contribution in [0.15, 0.2) is 41.3 Å². The van der Waals surface area contributed by atoms with Crippen LogP contribution in [0.1, 0.15) is 46.4 Å². The Balaban J connectivity index is 2.38. The maximum atomic E-state index is 12.8. The number of benzene rings is 2. The summed E-state index contributed by atoms with van der Waals surface area (Å²) < 4.78 is 26.3. The highest BCUT2D eigenvalue weighted by Gasteiger charge is 2.23. The Kier molecular flexibility index (Phi) is 6.68. The molecule has 0 saturated heterocycles. The van der Waals surface area contributed by atoms with Gasteiger partial charge in [-0.25, -0.2) is 12.7 Å². The molecule has 0 aliphatic heterocycles. The van der Waals surface area contributed by atoms with Crippen molar-refractivity contribution >= 4 is 27.5 Å². The fourth-order valence-electron chi connectivity index (χ4n) is 2.78. The van der Waals surface area contributed by atoms with Crippen molar-refractivity contribution in [1.29, 1.82) is 0 Å². The van der Waals surface area contributed by atoms with Gasteiger partial charge in [-0.05, 0) is 61.2 Å². The lowest BCUT2D eigenvalue weighted by Crippen LogP contribution is -2.29. The number of carbonyl (C=O) groups is 1. The number of nitrogens with one attached hydrogen (secondary N) is 1. The van der Waals surface area contributed by atoms with Crippen LogP contribution in [0.25, 0.3) is 0 Å². The van der Waals surface area contributed by atoms with Crippen molar-refractivity contribution in [2.45, 2.75) is 38.1 Å². The molecule has 1 amide bonds. The number of rotatable bonds is 6. The number of nitrogens with zero attached hydrogens (tertiary/aromatic N) is 1. The van der Waals surface area contributed by atoms with Crippen molar-refractivity contribution in [2.24, 2.45) is 0 Å². The fourth-order valence-corrected chi connectivity index (χ4v) is 4.12. The van der Waals surface area contributed by atoms with Gasteiger partial charge in [0.05, 0.1) is 10.9 Å². The zero-order chi connectivity index (χ0) is 20.4. The first-order valence-corrected chi connectivity index (χ1v) is 10.5. The fraction of sp³-hybridized carbons (Fsp3) is 0.350. The molecule has 27 heavy (non-hydrogen) atoms. The van der Waals surface area contributed by atoms with Gasteiger partial charge in [0.25, 0.3) is 5.91 Å². The first-order chi connectivity index (χ1) is 12.6. The molecule has 1 unspecified atom stereocenters. The lowest BCUT2D eigenvalue weighted by molar-refractivity contribution is 0.0935. The predicted molar refractivity (Wildman–Crippen MR) is 109 cm³/mol. The van der Waals surface area contributed by atoms with Crippen LogP contribution >= 0.6 is 11.6 Å². The highest BCUT2D eigenvalue weighted by molar-refractivity contribution is 7.89. The van der Waals surface area contributed by atoms with E-state index in [2.05, 4.69) is 5.32 Å². The lowest BCUT2D eigenvalue weighted by atomic mass is 10.0. The van der Waals surface area contributed by atoms with Crippen LogP contribution in [0.2, 0.25) is 5.02 Å². The molecular weight excluding hydrogens is 384 g/mol. The highest BCUT2D eigenvalue weighted by atomic mass is 35.5. The standard InChI is InChI=1S/C20H25ClN2O3S/c1-6-18(15-7-9-17(21)10-8-15)22-20(24)16-11-13(2)14(3)19(12-16)27(25,26)23(4)5/h7-12,18H,6H2,1-5H3,(H,22,24). The first-order valence-electron chi connectivity index (χ1n) is 8.68. The summed E-state index contributed by atoms with van der Waals surface area (Å²) in [5.74, 6) is -0.310. The Morgan fingerprint density at radius 2 is 1.74 bits per heavy atom. The summed E-state index contributed by atoms with van der Waals surface area (Å²) in [5.41, 5.74) is 2.67. The number of halogens is 1. The average molecular weight is 409 g/mol. The molecule has 1 N–H and O–H groups in total. The average Bonchev–Trinajstić information content (AvgIpc) is 2.62. The van der Waals surface area contributed by atoms with Gasteiger partial charge in [0.1, 0.15) is 0 Å². The molecule has 0 aliphatic rings. The van der Waals surface area contributed by atoms with Gasteiger partial charge >= 0.3 is 0 Å². The number of hydrogen-bond donors (Lipinski definition) is 1. The third kappa shape index (κ3) is 4.69. The van der Waals surface area contributed by atoms with Crippen molar-refractivity contribution in [3.05, 3.63) is 63.7 Å². The molecule has 7 heteroatoms. The van der Waals surface area contributed by atoms with Crippen LogP contribution < -0.4 is 5.32 Å². The Bertz CT molecular complexity index is 938. The van der Waals surface area contributed by atoms with Gasteiger partial charge in [-0.2, -0.15) is 0 Å². The van der Waals surface area contributed by atoms with Gasteiger partial charge in [0.15, 0.2) is 0 Å². The van der Waals surface area contributed by atoms with Crippen LogP contribution in [-0.4, -0.2) is 32.7 Å². The molecule has 5 nitrogen and oxygen atoms in total. The van der Waals surface area contributed by atoms with Gasteiger partial charge in [-0.15, -0.1) is 0 Å². The molecule has 0 fully saturated rings. The molecule has 146 valence electrons. The van der Waals surface area contributed by atoms with Crippen LogP contribution in [0.5, 0.6) is 0 Å². The van der Waals surface area contributed by atoms with E-state index in [-0.39, 0.29) is 16.8 Å². The number of hydrogen-bond acceptors (Lipinski definition) is 3. The number of sulfonamides is 1. The third-order valence-corrected chi connectivity index (χ3v) is 6.82. The van der Waals surface area contributed by atoms with E-state index in [1.807, 2.05) is 19.1 Å². The summed E-state index contributed by atoms with van der Waals surface area (Å²) in [4.78, 5) is 13.0. The molecule has 0 saturated carbocycles. The van der Waals surface area contributed by atoms with E-state index < -0.39 is 10.0 Å². The zero-order valence-corrected chi connectivity index (χ0v) is 17.8. The Morgan fingerprint density at radius 3 is 2.26 bits per heavy atom. The van der Waals surface area contributed by atoms with E-state index in [1.165, 1.54) is 20.2 Å². The molecular formula is C20H25ClN2O3S. The maximum absolute atomic E-state index is 12.8. The highest BCUT2D eigenvalue weighted by Crippen LogP contribution is 2.25. The second-order valence-electron chi connectivity index (χ2n) is 6.69. The quantitative estimate of drug-likeness (QED) is 0.782. The van der Waals surface area contributed by atoms with E-state index in [9.17, 15) is 13.2 Å². The monoisotopic (exact) mass is 408 g/mol. The summed E-state index contributed by atoms with van der Waals surface area (Å²) in [5, 5.41) is 3.61. The number of carbonyl (C=O) groups excluding carboxylic acids is 1. The summed E-state index contributed by atoms with van der Waals surface area (Å²) in [6.45, 7) is 5.52. The minimum Gasteiger partial charge on any atom is -0.345 e. The number of amides is 1. The van der Waals surface area contributed by atoms with Crippen molar-refractivity contribution in [3.63, 3.8) is 0 Å². The van der Waals surface area contributed by atoms with Gasteiger partial charge in [0.2, 0.25) is 10.0 Å². The Morgan fingerprint density at radius 1 is 1.15 bits per heavy atom. The van der Waals surface area contributed by atoms with E-state index in [4.69, 9.17) is 11.6 Å². The largest absolute Gasteiger partial charge is 0.345 e. The summed E-state index contributed by atoms with van der Waals surface area (Å²) in [6.07, 6.45) is 0.696. The molecule has 0 aliphatic carbocycles. The molecule has 0 heterocycles. The minimum absolute atomic E-state index is 0.150. The second-order valence-corrected chi connectivity index (χ2v) is 9.25. The van der Waals surface area contributed by atoms with Crippen LogP contribution in [0.3, 0.4) is 0 Å². The van der Waals surface area contributed by atoms with Crippen LogP contribution in [-0.2, 0) is 10.0 Å². The smallest absolute Gasteiger partial charge is 0.251 e. The van der Waals surface area contributed by atoms with Crippen molar-refractivity contribution in [2.75, 3.05) is 14.1 Å². The Labute approximate surface area is 166 Å². The van der Waals surface area contributed by atoms with Crippen molar-refractivity contribution < 1.29 is 13.2 Å².